The smallest absolute Gasteiger partial charge is 0.307 e. The van der Waals surface area contributed by atoms with Crippen LogP contribution in [0.1, 0.15) is 49.1 Å². The van der Waals surface area contributed by atoms with E-state index in [9.17, 15) is 9.90 Å². The SMILES string of the molecule is Cl.O=C(O)C1CCCN(CCCCC(c2ccccc2)c2ccccc2)C1. The molecule has 0 bridgehead atoms. The average molecular weight is 388 g/mol. The first-order valence-electron chi connectivity index (χ1n) is 9.79. The molecule has 1 atom stereocenters. The van der Waals surface area contributed by atoms with Crippen molar-refractivity contribution in [3.8, 4) is 0 Å². The van der Waals surface area contributed by atoms with Gasteiger partial charge in [-0.05, 0) is 49.9 Å². The number of hydrogen-bond donors (Lipinski definition) is 1. The van der Waals surface area contributed by atoms with Crippen LogP contribution in [0.2, 0.25) is 0 Å². The van der Waals surface area contributed by atoms with Crippen LogP contribution in [0, 0.1) is 5.92 Å². The van der Waals surface area contributed by atoms with Crippen LogP contribution >= 0.6 is 12.4 Å². The van der Waals surface area contributed by atoms with Crippen LogP contribution in [0.25, 0.3) is 0 Å². The summed E-state index contributed by atoms with van der Waals surface area (Å²) in [6, 6.07) is 21.5. The fraction of sp³-hybridized carbons (Fsp3) is 0.435. The lowest BCUT2D eigenvalue weighted by Crippen LogP contribution is -2.39. The summed E-state index contributed by atoms with van der Waals surface area (Å²) in [6.07, 6.45) is 5.25. The summed E-state index contributed by atoms with van der Waals surface area (Å²) in [4.78, 5) is 13.5. The molecule has 1 saturated heterocycles. The predicted octanol–water partition coefficient (Wildman–Crippen LogP) is 5.21. The first kappa shape index (κ1) is 21.5. The molecule has 0 amide bonds. The van der Waals surface area contributed by atoms with Crippen LogP contribution in [0.4, 0.5) is 0 Å². The number of likely N-dealkylation sites (tertiary alicyclic amines) is 1. The highest BCUT2D eigenvalue weighted by Gasteiger charge is 2.24. The van der Waals surface area contributed by atoms with Crippen molar-refractivity contribution in [3.63, 3.8) is 0 Å². The minimum Gasteiger partial charge on any atom is -0.481 e. The van der Waals surface area contributed by atoms with Gasteiger partial charge in [-0.25, -0.2) is 0 Å². The van der Waals surface area contributed by atoms with Gasteiger partial charge in [0.15, 0.2) is 0 Å². The van der Waals surface area contributed by atoms with E-state index in [2.05, 4.69) is 65.6 Å². The zero-order chi connectivity index (χ0) is 18.2. The first-order valence-corrected chi connectivity index (χ1v) is 9.79. The molecule has 3 nitrogen and oxygen atoms in total. The lowest BCUT2D eigenvalue weighted by molar-refractivity contribution is -0.143. The van der Waals surface area contributed by atoms with E-state index in [1.54, 1.807) is 0 Å². The van der Waals surface area contributed by atoms with Crippen LogP contribution in [0.5, 0.6) is 0 Å². The van der Waals surface area contributed by atoms with Crippen LogP contribution in [0.3, 0.4) is 0 Å². The number of halogens is 1. The molecule has 0 radical (unpaired) electrons. The van der Waals surface area contributed by atoms with Gasteiger partial charge in [0.05, 0.1) is 5.92 Å². The molecule has 0 saturated carbocycles. The molecule has 3 rings (SSSR count). The zero-order valence-electron chi connectivity index (χ0n) is 15.8. The number of nitrogens with zero attached hydrogens (tertiary/aromatic N) is 1. The second-order valence-electron chi connectivity index (χ2n) is 7.35. The number of benzene rings is 2. The van der Waals surface area contributed by atoms with E-state index in [0.29, 0.717) is 5.92 Å². The summed E-state index contributed by atoms with van der Waals surface area (Å²) in [5.74, 6) is -0.376. The Morgan fingerprint density at radius 3 is 2.15 bits per heavy atom. The molecular weight excluding hydrogens is 358 g/mol. The van der Waals surface area contributed by atoms with Gasteiger partial charge >= 0.3 is 5.97 Å². The van der Waals surface area contributed by atoms with Gasteiger partial charge in [-0.1, -0.05) is 67.1 Å². The fourth-order valence-corrected chi connectivity index (χ4v) is 4.04. The Hall–Kier alpha value is -1.84. The largest absolute Gasteiger partial charge is 0.481 e. The number of carboxylic acid groups (broad SMARTS) is 1. The third-order valence-corrected chi connectivity index (χ3v) is 5.48. The Morgan fingerprint density at radius 1 is 1.00 bits per heavy atom. The van der Waals surface area contributed by atoms with Gasteiger partial charge in [0.2, 0.25) is 0 Å². The van der Waals surface area contributed by atoms with Crippen LogP contribution in [-0.2, 0) is 4.79 Å². The molecular formula is C23H30ClNO2. The third-order valence-electron chi connectivity index (χ3n) is 5.48. The van der Waals surface area contributed by atoms with Gasteiger partial charge < -0.3 is 10.0 Å². The average Bonchev–Trinajstić information content (AvgIpc) is 2.69. The second-order valence-corrected chi connectivity index (χ2v) is 7.35. The molecule has 1 aliphatic rings. The molecule has 1 N–H and O–H groups in total. The number of piperidine rings is 1. The molecule has 1 aliphatic heterocycles. The van der Waals surface area contributed by atoms with Gasteiger partial charge in [-0.3, -0.25) is 4.79 Å². The molecule has 4 heteroatoms. The minimum atomic E-state index is -0.636. The van der Waals surface area contributed by atoms with Gasteiger partial charge in [0, 0.05) is 12.5 Å². The summed E-state index contributed by atoms with van der Waals surface area (Å²) in [6.45, 7) is 2.78. The van der Waals surface area contributed by atoms with E-state index in [-0.39, 0.29) is 18.3 Å². The third kappa shape index (κ3) is 6.37. The first-order chi connectivity index (χ1) is 12.7. The number of hydrogen-bond acceptors (Lipinski definition) is 2. The minimum absolute atomic E-state index is 0. The standard InChI is InChI=1S/C23H29NO2.ClH/c25-23(26)21-14-9-17-24(18-21)16-8-7-15-22(19-10-3-1-4-11-19)20-12-5-2-6-13-20;/h1-6,10-13,21-22H,7-9,14-18H2,(H,25,26);1H. The van der Waals surface area contributed by atoms with Crippen molar-refractivity contribution in [3.05, 3.63) is 71.8 Å². The quantitative estimate of drug-likeness (QED) is 0.632. The van der Waals surface area contributed by atoms with E-state index in [1.807, 2.05) is 0 Å². The van der Waals surface area contributed by atoms with E-state index >= 15 is 0 Å². The maximum absolute atomic E-state index is 11.2. The Bertz CT molecular complexity index is 638. The molecule has 2 aromatic carbocycles. The zero-order valence-corrected chi connectivity index (χ0v) is 16.6. The van der Waals surface area contributed by atoms with Gasteiger partial charge in [0.25, 0.3) is 0 Å². The Kier molecular flexibility index (Phi) is 8.83. The molecule has 1 fully saturated rings. The molecule has 0 aromatic heterocycles. The van der Waals surface area contributed by atoms with Gasteiger partial charge in [-0.15, -0.1) is 12.4 Å². The fourth-order valence-electron chi connectivity index (χ4n) is 4.04. The van der Waals surface area contributed by atoms with Crippen molar-refractivity contribution < 1.29 is 9.90 Å². The maximum atomic E-state index is 11.2. The molecule has 27 heavy (non-hydrogen) atoms. The second kappa shape index (κ2) is 11.1. The molecule has 0 spiro atoms. The van der Waals surface area contributed by atoms with Crippen LogP contribution in [-0.4, -0.2) is 35.6 Å². The molecule has 1 unspecified atom stereocenters. The van der Waals surface area contributed by atoms with Crippen molar-refractivity contribution >= 4 is 18.4 Å². The Labute approximate surface area is 168 Å². The highest BCUT2D eigenvalue weighted by molar-refractivity contribution is 5.85. The molecule has 1 heterocycles. The summed E-state index contributed by atoms with van der Waals surface area (Å²) in [7, 11) is 0. The lowest BCUT2D eigenvalue weighted by atomic mass is 9.87. The van der Waals surface area contributed by atoms with E-state index in [0.717, 1.165) is 51.7 Å². The number of rotatable bonds is 8. The monoisotopic (exact) mass is 387 g/mol. The highest BCUT2D eigenvalue weighted by atomic mass is 35.5. The number of unbranched alkanes of at least 4 members (excludes halogenated alkanes) is 1. The summed E-state index contributed by atoms with van der Waals surface area (Å²) in [5, 5.41) is 9.23. The van der Waals surface area contributed by atoms with E-state index in [4.69, 9.17) is 0 Å². The van der Waals surface area contributed by atoms with Crippen molar-refractivity contribution in [1.29, 1.82) is 0 Å². The topological polar surface area (TPSA) is 40.5 Å². The normalized spacial score (nSPS) is 17.4. The molecule has 0 aliphatic carbocycles. The molecule has 146 valence electrons. The number of carbonyl (C=O) groups is 1. The Morgan fingerprint density at radius 2 is 1.59 bits per heavy atom. The predicted molar refractivity (Wildman–Crippen MR) is 113 cm³/mol. The number of aliphatic carboxylic acids is 1. The van der Waals surface area contributed by atoms with Gasteiger partial charge in [-0.2, -0.15) is 0 Å². The van der Waals surface area contributed by atoms with Crippen molar-refractivity contribution in [2.24, 2.45) is 5.92 Å². The van der Waals surface area contributed by atoms with E-state index < -0.39 is 5.97 Å². The summed E-state index contributed by atoms with van der Waals surface area (Å²) >= 11 is 0. The highest BCUT2D eigenvalue weighted by Crippen LogP contribution is 2.29. The molecule has 2 aromatic rings. The lowest BCUT2D eigenvalue weighted by Gasteiger charge is -2.30. The van der Waals surface area contributed by atoms with Crippen molar-refractivity contribution in [2.75, 3.05) is 19.6 Å². The summed E-state index contributed by atoms with van der Waals surface area (Å²) in [5.41, 5.74) is 2.75. The van der Waals surface area contributed by atoms with Crippen molar-refractivity contribution in [1.82, 2.24) is 4.90 Å². The van der Waals surface area contributed by atoms with Crippen LogP contribution in [0.15, 0.2) is 60.7 Å². The van der Waals surface area contributed by atoms with Crippen LogP contribution < -0.4 is 0 Å². The van der Waals surface area contributed by atoms with Crippen molar-refractivity contribution in [2.45, 2.75) is 38.0 Å². The summed E-state index contributed by atoms with van der Waals surface area (Å²) < 4.78 is 0. The van der Waals surface area contributed by atoms with Gasteiger partial charge in [0.1, 0.15) is 0 Å². The Balaban J connectivity index is 0.00000261. The maximum Gasteiger partial charge on any atom is 0.307 e. The number of carboxylic acids is 1. The van der Waals surface area contributed by atoms with E-state index in [1.165, 1.54) is 11.1 Å².